The number of amides is 1. The van der Waals surface area contributed by atoms with E-state index in [2.05, 4.69) is 10.3 Å². The van der Waals surface area contributed by atoms with E-state index in [4.69, 9.17) is 4.74 Å². The Morgan fingerprint density at radius 2 is 2.29 bits per heavy atom. The van der Waals surface area contributed by atoms with Gasteiger partial charge < -0.3 is 15.0 Å². The van der Waals surface area contributed by atoms with Gasteiger partial charge in [0.25, 0.3) is 5.91 Å². The normalized spacial score (nSPS) is 14.5. The number of aromatic amines is 1. The second-order valence-electron chi connectivity index (χ2n) is 4.10. The highest BCUT2D eigenvalue weighted by Gasteiger charge is 2.23. The summed E-state index contributed by atoms with van der Waals surface area (Å²) in [5.41, 5.74) is 2.71. The molecule has 4 nitrogen and oxygen atoms in total. The van der Waals surface area contributed by atoms with Crippen LogP contribution in [0.3, 0.4) is 0 Å². The van der Waals surface area contributed by atoms with Gasteiger partial charge in [-0.1, -0.05) is 12.1 Å². The first-order valence-corrected chi connectivity index (χ1v) is 5.86. The summed E-state index contributed by atoms with van der Waals surface area (Å²) in [5, 5.41) is 3.82. The largest absolute Gasteiger partial charge is 0.492 e. The Labute approximate surface area is 99.0 Å². The summed E-state index contributed by atoms with van der Waals surface area (Å²) in [6.45, 7) is 3.27. The number of nitrogens with one attached hydrogen (secondary N) is 2. The lowest BCUT2D eigenvalue weighted by Gasteiger charge is -2.11. The predicted molar refractivity (Wildman–Crippen MR) is 65.5 cm³/mol. The fourth-order valence-corrected chi connectivity index (χ4v) is 2.36. The van der Waals surface area contributed by atoms with E-state index >= 15 is 0 Å². The number of fused-ring (bicyclic) bond motifs is 3. The molecule has 1 amide bonds. The summed E-state index contributed by atoms with van der Waals surface area (Å²) in [6.07, 6.45) is 0.849. The van der Waals surface area contributed by atoms with Gasteiger partial charge in [-0.15, -0.1) is 0 Å². The molecule has 0 radical (unpaired) electrons. The lowest BCUT2D eigenvalue weighted by molar-refractivity contribution is 0.0947. The fraction of sp³-hybridized carbons (Fsp3) is 0.308. The molecule has 88 valence electrons. The number of aromatic nitrogens is 1. The van der Waals surface area contributed by atoms with Crippen molar-refractivity contribution in [3.05, 3.63) is 29.5 Å². The van der Waals surface area contributed by atoms with E-state index < -0.39 is 0 Å². The van der Waals surface area contributed by atoms with E-state index in [9.17, 15) is 4.79 Å². The van der Waals surface area contributed by atoms with E-state index in [1.807, 2.05) is 25.1 Å². The van der Waals surface area contributed by atoms with Gasteiger partial charge in [-0.05, 0) is 13.0 Å². The van der Waals surface area contributed by atoms with Gasteiger partial charge in [-0.25, -0.2) is 0 Å². The molecule has 0 aliphatic carbocycles. The van der Waals surface area contributed by atoms with Gasteiger partial charge in [0, 0.05) is 24.0 Å². The molecule has 2 heterocycles. The van der Waals surface area contributed by atoms with E-state index in [1.165, 1.54) is 0 Å². The molecule has 0 bridgehead atoms. The molecule has 0 saturated carbocycles. The summed E-state index contributed by atoms with van der Waals surface area (Å²) >= 11 is 0. The van der Waals surface area contributed by atoms with Crippen LogP contribution < -0.4 is 10.1 Å². The van der Waals surface area contributed by atoms with Crippen LogP contribution in [0.1, 0.15) is 23.0 Å². The zero-order chi connectivity index (χ0) is 11.8. The lowest BCUT2D eigenvalue weighted by Crippen LogP contribution is -2.31. The Morgan fingerprint density at radius 3 is 3.12 bits per heavy atom. The average Bonchev–Trinajstić information content (AvgIpc) is 2.70. The summed E-state index contributed by atoms with van der Waals surface area (Å²) in [4.78, 5) is 15.2. The average molecular weight is 230 g/mol. The highest BCUT2D eigenvalue weighted by molar-refractivity contribution is 6.10. The van der Waals surface area contributed by atoms with Crippen molar-refractivity contribution in [1.82, 2.24) is 10.3 Å². The van der Waals surface area contributed by atoms with Gasteiger partial charge in [0.2, 0.25) is 0 Å². The van der Waals surface area contributed by atoms with Gasteiger partial charge in [0.15, 0.2) is 0 Å². The molecule has 4 heteroatoms. The number of hydrogen-bond acceptors (Lipinski definition) is 2. The van der Waals surface area contributed by atoms with Crippen LogP contribution in [0.2, 0.25) is 0 Å². The number of benzene rings is 1. The molecule has 3 rings (SSSR count). The van der Waals surface area contributed by atoms with Crippen molar-refractivity contribution in [2.45, 2.75) is 13.3 Å². The molecule has 17 heavy (non-hydrogen) atoms. The molecule has 0 atom stereocenters. The molecule has 1 aliphatic heterocycles. The number of hydrogen-bond donors (Lipinski definition) is 2. The maximum atomic E-state index is 11.9. The Morgan fingerprint density at radius 1 is 1.41 bits per heavy atom. The lowest BCUT2D eigenvalue weighted by atomic mass is 10.1. The molecule has 2 aromatic rings. The Balaban J connectivity index is 2.26. The first kappa shape index (κ1) is 10.2. The highest BCUT2D eigenvalue weighted by atomic mass is 16.5. The maximum Gasteiger partial charge on any atom is 0.253 e. The SMILES string of the molecule is CCOc1cccc2c3c([nH]c12)CCNC3=O. The van der Waals surface area contributed by atoms with Gasteiger partial charge >= 0.3 is 0 Å². The van der Waals surface area contributed by atoms with Crippen LogP contribution in [0.4, 0.5) is 0 Å². The zero-order valence-electron chi connectivity index (χ0n) is 9.67. The Kier molecular flexibility index (Phi) is 2.28. The van der Waals surface area contributed by atoms with Crippen LogP contribution in [-0.2, 0) is 6.42 Å². The molecule has 0 unspecified atom stereocenters. The van der Waals surface area contributed by atoms with Crippen molar-refractivity contribution in [3.8, 4) is 5.75 Å². The second kappa shape index (κ2) is 3.80. The number of carbonyl (C=O) groups excluding carboxylic acids is 1. The minimum atomic E-state index is 0.00569. The van der Waals surface area contributed by atoms with Crippen LogP contribution in [0.15, 0.2) is 18.2 Å². The fourth-order valence-electron chi connectivity index (χ4n) is 2.36. The topological polar surface area (TPSA) is 54.1 Å². The molecular weight excluding hydrogens is 216 g/mol. The quantitative estimate of drug-likeness (QED) is 0.827. The molecule has 2 N–H and O–H groups in total. The third kappa shape index (κ3) is 1.48. The summed E-state index contributed by atoms with van der Waals surface area (Å²) < 4.78 is 5.57. The summed E-state index contributed by atoms with van der Waals surface area (Å²) in [7, 11) is 0. The van der Waals surface area contributed by atoms with Crippen LogP contribution in [0.5, 0.6) is 5.75 Å². The molecule has 1 aliphatic rings. The van der Waals surface area contributed by atoms with Crippen LogP contribution in [0, 0.1) is 0 Å². The number of H-pyrrole nitrogens is 1. The standard InChI is InChI=1S/C13H14N2O2/c1-2-17-10-5-3-4-8-11-9(15-12(8)10)6-7-14-13(11)16/h3-5,15H,2,6-7H2,1H3,(H,14,16). The molecule has 0 fully saturated rings. The van der Waals surface area contributed by atoms with Gasteiger partial charge in [0.1, 0.15) is 5.75 Å². The van der Waals surface area contributed by atoms with Crippen LogP contribution >= 0.6 is 0 Å². The minimum absolute atomic E-state index is 0.00569. The molecule has 1 aromatic carbocycles. The molecular formula is C13H14N2O2. The van der Waals surface area contributed by atoms with Gasteiger partial charge in [-0.2, -0.15) is 0 Å². The summed E-state index contributed by atoms with van der Waals surface area (Å²) in [6, 6.07) is 5.80. The monoisotopic (exact) mass is 230 g/mol. The first-order valence-electron chi connectivity index (χ1n) is 5.86. The van der Waals surface area contributed by atoms with Crippen molar-refractivity contribution in [1.29, 1.82) is 0 Å². The van der Waals surface area contributed by atoms with Crippen molar-refractivity contribution >= 4 is 16.8 Å². The number of rotatable bonds is 2. The smallest absolute Gasteiger partial charge is 0.253 e. The third-order valence-electron chi connectivity index (χ3n) is 3.06. The van der Waals surface area contributed by atoms with Gasteiger partial charge in [-0.3, -0.25) is 4.79 Å². The molecule has 0 saturated heterocycles. The Hall–Kier alpha value is -1.97. The zero-order valence-corrected chi connectivity index (χ0v) is 9.67. The predicted octanol–water partition coefficient (Wildman–Crippen LogP) is 1.85. The van der Waals surface area contributed by atoms with E-state index in [-0.39, 0.29) is 5.91 Å². The second-order valence-corrected chi connectivity index (χ2v) is 4.10. The molecule has 1 aromatic heterocycles. The van der Waals surface area contributed by atoms with E-state index in [1.54, 1.807) is 0 Å². The highest BCUT2D eigenvalue weighted by Crippen LogP contribution is 2.31. The number of ether oxygens (including phenoxy) is 1. The van der Waals surface area contributed by atoms with Crippen molar-refractivity contribution < 1.29 is 9.53 Å². The number of para-hydroxylation sites is 1. The Bertz CT molecular complexity index is 586. The molecule has 0 spiro atoms. The van der Waals surface area contributed by atoms with E-state index in [0.717, 1.165) is 34.3 Å². The summed E-state index contributed by atoms with van der Waals surface area (Å²) in [5.74, 6) is 0.818. The van der Waals surface area contributed by atoms with Crippen molar-refractivity contribution in [3.63, 3.8) is 0 Å². The van der Waals surface area contributed by atoms with Gasteiger partial charge in [0.05, 0.1) is 17.7 Å². The number of carbonyl (C=O) groups is 1. The van der Waals surface area contributed by atoms with Crippen LogP contribution in [0.25, 0.3) is 10.9 Å². The van der Waals surface area contributed by atoms with E-state index in [0.29, 0.717) is 13.2 Å². The maximum absolute atomic E-state index is 11.9. The van der Waals surface area contributed by atoms with Crippen LogP contribution in [-0.4, -0.2) is 24.0 Å². The minimum Gasteiger partial charge on any atom is -0.492 e. The van der Waals surface area contributed by atoms with Crippen molar-refractivity contribution in [2.24, 2.45) is 0 Å². The first-order chi connectivity index (χ1) is 8.31. The van der Waals surface area contributed by atoms with Crippen molar-refractivity contribution in [2.75, 3.05) is 13.2 Å². The third-order valence-corrected chi connectivity index (χ3v) is 3.06.